The fourth-order valence-corrected chi connectivity index (χ4v) is 2.27. The summed E-state index contributed by atoms with van der Waals surface area (Å²) in [6, 6.07) is 4.52. The van der Waals surface area contributed by atoms with Gasteiger partial charge in [0, 0.05) is 11.6 Å². The van der Waals surface area contributed by atoms with Crippen molar-refractivity contribution in [2.75, 3.05) is 19.5 Å². The smallest absolute Gasteiger partial charge is 0.311 e. The number of nitro groups is 1. The Bertz CT molecular complexity index is 962. The molecule has 0 amide bonds. The predicted molar refractivity (Wildman–Crippen MR) is 89.4 cm³/mol. The summed E-state index contributed by atoms with van der Waals surface area (Å²) >= 11 is 0. The molecule has 0 radical (unpaired) electrons. The van der Waals surface area contributed by atoms with Gasteiger partial charge in [-0.2, -0.15) is 9.97 Å². The third-order valence-electron chi connectivity index (χ3n) is 3.34. The Hall–Kier alpha value is -3.56. The van der Waals surface area contributed by atoms with Crippen molar-refractivity contribution in [3.63, 3.8) is 0 Å². The molecule has 10 nitrogen and oxygen atoms in total. The predicted octanol–water partition coefficient (Wildman–Crippen LogP) is 1.98. The zero-order valence-corrected chi connectivity index (χ0v) is 13.5. The van der Waals surface area contributed by atoms with Crippen molar-refractivity contribution < 1.29 is 14.4 Å². The van der Waals surface area contributed by atoms with Crippen LogP contribution < -0.4 is 15.2 Å². The minimum atomic E-state index is -0.522. The highest BCUT2D eigenvalue weighted by Crippen LogP contribution is 2.32. The molecule has 1 aromatic carbocycles. The normalized spacial score (nSPS) is 10.6. The molecule has 3 rings (SSSR count). The van der Waals surface area contributed by atoms with Gasteiger partial charge in [-0.3, -0.25) is 10.1 Å². The number of hydrogen-bond donors (Lipinski definition) is 1. The van der Waals surface area contributed by atoms with Crippen molar-refractivity contribution in [2.45, 2.75) is 6.92 Å². The van der Waals surface area contributed by atoms with Crippen molar-refractivity contribution in [3.05, 3.63) is 34.5 Å². The number of anilines is 1. The number of ether oxygens (including phenoxy) is 2. The molecule has 0 aliphatic rings. The minimum Gasteiger partial charge on any atom is -0.490 e. The maximum Gasteiger partial charge on any atom is 0.311 e. The summed E-state index contributed by atoms with van der Waals surface area (Å²) in [4.78, 5) is 27.3. The Morgan fingerprint density at radius 2 is 2.08 bits per heavy atom. The SMILES string of the molecule is CCOc1nc(N)nc2ncc(-c3ccc(OC)c([N+](=O)[O-])c3)nc12. The van der Waals surface area contributed by atoms with E-state index in [4.69, 9.17) is 15.2 Å². The third-order valence-corrected chi connectivity index (χ3v) is 3.34. The average Bonchev–Trinajstić information content (AvgIpc) is 2.61. The van der Waals surface area contributed by atoms with Crippen molar-refractivity contribution in [1.82, 2.24) is 19.9 Å². The summed E-state index contributed by atoms with van der Waals surface area (Å²) in [6.45, 7) is 2.17. The molecule has 2 heterocycles. The maximum atomic E-state index is 11.2. The molecule has 0 saturated carbocycles. The number of fused-ring (bicyclic) bond motifs is 1. The number of benzene rings is 1. The number of nitrogens with two attached hydrogens (primary N) is 1. The number of nitrogens with zero attached hydrogens (tertiary/aromatic N) is 5. The summed E-state index contributed by atoms with van der Waals surface area (Å²) in [5.41, 5.74) is 6.98. The molecule has 0 bridgehead atoms. The number of hydrogen-bond acceptors (Lipinski definition) is 9. The van der Waals surface area contributed by atoms with Crippen molar-refractivity contribution in [3.8, 4) is 22.9 Å². The first-order chi connectivity index (χ1) is 12.0. The Kier molecular flexibility index (Phi) is 4.25. The summed E-state index contributed by atoms with van der Waals surface area (Å²) < 4.78 is 10.4. The maximum absolute atomic E-state index is 11.2. The molecular formula is C15H14N6O4. The second kappa shape index (κ2) is 6.51. The molecule has 0 spiro atoms. The highest BCUT2D eigenvalue weighted by molar-refractivity contribution is 5.79. The summed E-state index contributed by atoms with van der Waals surface area (Å²) in [5, 5.41) is 11.2. The van der Waals surface area contributed by atoms with Crippen molar-refractivity contribution in [2.24, 2.45) is 0 Å². The van der Waals surface area contributed by atoms with E-state index in [-0.39, 0.29) is 28.9 Å². The van der Waals surface area contributed by atoms with E-state index < -0.39 is 4.92 Å². The van der Waals surface area contributed by atoms with Crippen LogP contribution >= 0.6 is 0 Å². The van der Waals surface area contributed by atoms with Gasteiger partial charge in [-0.15, -0.1) is 0 Å². The number of aromatic nitrogens is 4. The highest BCUT2D eigenvalue weighted by Gasteiger charge is 2.18. The Morgan fingerprint density at radius 1 is 1.28 bits per heavy atom. The number of rotatable bonds is 5. The van der Waals surface area contributed by atoms with Crippen LogP contribution in [0.5, 0.6) is 11.6 Å². The minimum absolute atomic E-state index is 0.0260. The van der Waals surface area contributed by atoms with Gasteiger partial charge in [0.15, 0.2) is 16.9 Å². The Morgan fingerprint density at radius 3 is 2.76 bits per heavy atom. The molecule has 0 saturated heterocycles. The van der Waals surface area contributed by atoms with Crippen LogP contribution in [0.3, 0.4) is 0 Å². The van der Waals surface area contributed by atoms with E-state index in [2.05, 4.69) is 19.9 Å². The molecular weight excluding hydrogens is 328 g/mol. The van der Waals surface area contributed by atoms with Gasteiger partial charge in [-0.05, 0) is 19.1 Å². The average molecular weight is 342 g/mol. The lowest BCUT2D eigenvalue weighted by atomic mass is 10.1. The molecule has 2 N–H and O–H groups in total. The van der Waals surface area contributed by atoms with E-state index in [9.17, 15) is 10.1 Å². The third kappa shape index (κ3) is 3.09. The molecule has 128 valence electrons. The Labute approximate surface area is 141 Å². The van der Waals surface area contributed by atoms with Crippen LogP contribution in [-0.2, 0) is 0 Å². The lowest BCUT2D eigenvalue weighted by Gasteiger charge is -2.08. The zero-order valence-electron chi connectivity index (χ0n) is 13.5. The monoisotopic (exact) mass is 342 g/mol. The van der Waals surface area contributed by atoms with E-state index in [1.54, 1.807) is 13.0 Å². The summed E-state index contributed by atoms with van der Waals surface area (Å²) in [5.74, 6) is 0.397. The van der Waals surface area contributed by atoms with E-state index in [1.165, 1.54) is 25.4 Å². The molecule has 0 unspecified atom stereocenters. The first-order valence-electron chi connectivity index (χ1n) is 7.29. The fourth-order valence-electron chi connectivity index (χ4n) is 2.27. The second-order valence-corrected chi connectivity index (χ2v) is 4.89. The van der Waals surface area contributed by atoms with Crippen LogP contribution in [0.15, 0.2) is 24.4 Å². The fraction of sp³-hybridized carbons (Fsp3) is 0.200. The second-order valence-electron chi connectivity index (χ2n) is 4.89. The van der Waals surface area contributed by atoms with E-state index in [0.29, 0.717) is 23.4 Å². The van der Waals surface area contributed by atoms with Crippen LogP contribution in [0, 0.1) is 10.1 Å². The van der Waals surface area contributed by atoms with Crippen LogP contribution in [0.2, 0.25) is 0 Å². The zero-order chi connectivity index (χ0) is 18.0. The first kappa shape index (κ1) is 16.3. The topological polar surface area (TPSA) is 139 Å². The van der Waals surface area contributed by atoms with Gasteiger partial charge in [0.2, 0.25) is 11.8 Å². The molecule has 0 fully saturated rings. The molecule has 10 heteroatoms. The molecule has 25 heavy (non-hydrogen) atoms. The van der Waals surface area contributed by atoms with Gasteiger partial charge in [-0.25, -0.2) is 9.97 Å². The molecule has 2 aromatic heterocycles. The highest BCUT2D eigenvalue weighted by atomic mass is 16.6. The van der Waals surface area contributed by atoms with Crippen LogP contribution in [0.25, 0.3) is 22.4 Å². The van der Waals surface area contributed by atoms with Crippen molar-refractivity contribution >= 4 is 22.8 Å². The lowest BCUT2D eigenvalue weighted by molar-refractivity contribution is -0.385. The first-order valence-corrected chi connectivity index (χ1v) is 7.29. The van der Waals surface area contributed by atoms with Gasteiger partial charge in [0.05, 0.1) is 30.5 Å². The van der Waals surface area contributed by atoms with Crippen LogP contribution in [0.1, 0.15) is 6.92 Å². The summed E-state index contributed by atoms with van der Waals surface area (Å²) in [7, 11) is 1.37. The van der Waals surface area contributed by atoms with Gasteiger partial charge in [0.25, 0.3) is 0 Å². The van der Waals surface area contributed by atoms with Crippen molar-refractivity contribution in [1.29, 1.82) is 0 Å². The van der Waals surface area contributed by atoms with Gasteiger partial charge >= 0.3 is 5.69 Å². The number of methoxy groups -OCH3 is 1. The van der Waals surface area contributed by atoms with Crippen LogP contribution in [-0.4, -0.2) is 38.6 Å². The van der Waals surface area contributed by atoms with E-state index in [0.717, 1.165) is 0 Å². The van der Waals surface area contributed by atoms with E-state index >= 15 is 0 Å². The van der Waals surface area contributed by atoms with Gasteiger partial charge < -0.3 is 15.2 Å². The largest absolute Gasteiger partial charge is 0.490 e. The Balaban J connectivity index is 2.16. The molecule has 3 aromatic rings. The molecule has 0 atom stereocenters. The van der Waals surface area contributed by atoms with E-state index in [1.807, 2.05) is 0 Å². The summed E-state index contributed by atoms with van der Waals surface area (Å²) in [6.07, 6.45) is 1.45. The standard InChI is InChI=1S/C15H14N6O4/c1-3-25-14-12-13(19-15(16)20-14)17-7-9(18-12)8-4-5-11(24-2)10(6-8)21(22)23/h4-7H,3H2,1-2H3,(H2,16,17,19,20). The van der Waals surface area contributed by atoms with Crippen LogP contribution in [0.4, 0.5) is 11.6 Å². The lowest BCUT2D eigenvalue weighted by Crippen LogP contribution is -2.04. The quantitative estimate of drug-likeness (QED) is 0.544. The molecule has 0 aliphatic carbocycles. The number of nitro benzene ring substituents is 1. The number of nitrogen functional groups attached to an aromatic ring is 1. The molecule has 0 aliphatic heterocycles. The van der Waals surface area contributed by atoms with Gasteiger partial charge in [0.1, 0.15) is 0 Å². The van der Waals surface area contributed by atoms with Gasteiger partial charge in [-0.1, -0.05) is 0 Å².